The molecule has 0 aliphatic carbocycles. The van der Waals surface area contributed by atoms with Gasteiger partial charge in [0.1, 0.15) is 0 Å². The molecule has 0 bridgehead atoms. The second kappa shape index (κ2) is 5.41. The maximum Gasteiger partial charge on any atom is 0.0222 e. The van der Waals surface area contributed by atoms with Gasteiger partial charge in [-0.05, 0) is 84.7 Å². The molecule has 0 unspecified atom stereocenters. The van der Waals surface area contributed by atoms with Crippen molar-refractivity contribution >= 4 is 56.0 Å². The normalized spacial score (nSPS) is 13.0. The van der Waals surface area contributed by atoms with Gasteiger partial charge < -0.3 is 0 Å². The summed E-state index contributed by atoms with van der Waals surface area (Å²) in [7, 11) is 0. The number of hydrogen-bond donors (Lipinski definition) is 0. The summed E-state index contributed by atoms with van der Waals surface area (Å²) in [6.07, 6.45) is 0. The third kappa shape index (κ3) is 3.32. The molecule has 0 atom stereocenters. The SMILES string of the molecule is CC(C)(C)c1cc(I)c2c(I)cc(C(C)(C)C)cc2c1. The Bertz CT molecular complexity index is 601. The van der Waals surface area contributed by atoms with Gasteiger partial charge in [0.05, 0.1) is 0 Å². The molecule has 0 fully saturated rings. The van der Waals surface area contributed by atoms with Crippen LogP contribution in [0.15, 0.2) is 24.3 Å². The largest absolute Gasteiger partial charge is 0.0561 e. The highest BCUT2D eigenvalue weighted by Gasteiger charge is 2.19. The lowest BCUT2D eigenvalue weighted by Gasteiger charge is -2.23. The van der Waals surface area contributed by atoms with Gasteiger partial charge in [-0.25, -0.2) is 0 Å². The Hall–Kier alpha value is 0.160. The lowest BCUT2D eigenvalue weighted by molar-refractivity contribution is 0.589. The van der Waals surface area contributed by atoms with E-state index in [1.165, 1.54) is 29.0 Å². The Morgan fingerprint density at radius 1 is 0.650 bits per heavy atom. The molecule has 20 heavy (non-hydrogen) atoms. The molecule has 2 heteroatoms. The number of fused-ring (bicyclic) bond motifs is 1. The van der Waals surface area contributed by atoms with E-state index in [1.807, 2.05) is 0 Å². The minimum absolute atomic E-state index is 0.192. The van der Waals surface area contributed by atoms with Crippen molar-refractivity contribution in [2.45, 2.75) is 52.4 Å². The number of rotatable bonds is 0. The molecule has 2 aromatic carbocycles. The van der Waals surface area contributed by atoms with Gasteiger partial charge >= 0.3 is 0 Å². The van der Waals surface area contributed by atoms with Crippen LogP contribution in [-0.2, 0) is 10.8 Å². The summed E-state index contributed by atoms with van der Waals surface area (Å²) in [6, 6.07) is 9.41. The smallest absolute Gasteiger partial charge is 0.0222 e. The van der Waals surface area contributed by atoms with Gasteiger partial charge in [0.15, 0.2) is 0 Å². The van der Waals surface area contributed by atoms with Crippen LogP contribution in [0.5, 0.6) is 0 Å². The molecule has 0 aromatic heterocycles. The quantitative estimate of drug-likeness (QED) is 0.362. The van der Waals surface area contributed by atoms with E-state index in [0.717, 1.165) is 0 Å². The molecular weight excluding hydrogens is 470 g/mol. The first-order valence-electron chi connectivity index (χ1n) is 6.94. The molecule has 2 rings (SSSR count). The predicted octanol–water partition coefficient (Wildman–Crippen LogP) is 6.64. The summed E-state index contributed by atoms with van der Waals surface area (Å²) >= 11 is 4.95. The Kier molecular flexibility index (Phi) is 4.48. The van der Waals surface area contributed by atoms with Gasteiger partial charge in [-0.1, -0.05) is 53.7 Å². The summed E-state index contributed by atoms with van der Waals surface area (Å²) in [5.41, 5.74) is 3.21. The van der Waals surface area contributed by atoms with E-state index in [1.54, 1.807) is 0 Å². The first-order valence-corrected chi connectivity index (χ1v) is 9.09. The van der Waals surface area contributed by atoms with E-state index in [2.05, 4.69) is 111 Å². The Balaban J connectivity index is 2.81. The van der Waals surface area contributed by atoms with Crippen LogP contribution in [0.1, 0.15) is 52.7 Å². The predicted molar refractivity (Wildman–Crippen MR) is 107 cm³/mol. The van der Waals surface area contributed by atoms with Crippen molar-refractivity contribution in [2.75, 3.05) is 0 Å². The lowest BCUT2D eigenvalue weighted by Crippen LogP contribution is -2.13. The van der Waals surface area contributed by atoms with Crippen LogP contribution >= 0.6 is 45.2 Å². The second-order valence-electron chi connectivity index (χ2n) is 7.51. The minimum atomic E-state index is 0.192. The lowest BCUT2D eigenvalue weighted by atomic mass is 9.83. The van der Waals surface area contributed by atoms with Crippen LogP contribution in [-0.4, -0.2) is 0 Å². The number of benzene rings is 2. The van der Waals surface area contributed by atoms with Gasteiger partial charge in [-0.2, -0.15) is 0 Å². The number of halogens is 2. The molecule has 0 radical (unpaired) electrons. The maximum absolute atomic E-state index is 2.48. The molecule has 0 aliphatic heterocycles. The molecular formula is C18H22I2. The highest BCUT2D eigenvalue weighted by Crippen LogP contribution is 2.35. The zero-order valence-electron chi connectivity index (χ0n) is 13.1. The van der Waals surface area contributed by atoms with E-state index >= 15 is 0 Å². The molecule has 0 spiro atoms. The maximum atomic E-state index is 2.48. The monoisotopic (exact) mass is 492 g/mol. The average Bonchev–Trinajstić information content (AvgIpc) is 2.25. The van der Waals surface area contributed by atoms with Crippen LogP contribution in [0.4, 0.5) is 0 Å². The van der Waals surface area contributed by atoms with E-state index in [0.29, 0.717) is 0 Å². The van der Waals surface area contributed by atoms with Crippen LogP contribution in [0.3, 0.4) is 0 Å². The fourth-order valence-electron chi connectivity index (χ4n) is 2.28. The van der Waals surface area contributed by atoms with Gasteiger partial charge in [0.2, 0.25) is 0 Å². The molecule has 2 aromatic rings. The first-order chi connectivity index (χ1) is 9.00. The van der Waals surface area contributed by atoms with Crippen molar-refractivity contribution in [2.24, 2.45) is 0 Å². The van der Waals surface area contributed by atoms with Crippen molar-refractivity contribution < 1.29 is 0 Å². The standard InChI is InChI=1S/C18H22I2/c1-17(2,3)12-7-11-8-13(18(4,5)6)10-15(20)16(11)14(19)9-12/h7-10H,1-6H3. The zero-order chi connectivity index (χ0) is 15.3. The van der Waals surface area contributed by atoms with Crippen molar-refractivity contribution in [1.82, 2.24) is 0 Å². The summed E-state index contributed by atoms with van der Waals surface area (Å²) in [5.74, 6) is 0. The van der Waals surface area contributed by atoms with Gasteiger partial charge in [0.25, 0.3) is 0 Å². The zero-order valence-corrected chi connectivity index (χ0v) is 17.4. The summed E-state index contributed by atoms with van der Waals surface area (Å²) in [4.78, 5) is 0. The average molecular weight is 492 g/mol. The molecule has 0 saturated carbocycles. The number of hydrogen-bond acceptors (Lipinski definition) is 0. The van der Waals surface area contributed by atoms with Crippen molar-refractivity contribution in [1.29, 1.82) is 0 Å². The first kappa shape index (κ1) is 16.5. The van der Waals surface area contributed by atoms with Crippen LogP contribution < -0.4 is 0 Å². The fourth-order valence-corrected chi connectivity index (χ4v) is 4.67. The van der Waals surface area contributed by atoms with Gasteiger partial charge in [-0.15, -0.1) is 0 Å². The molecule has 0 N–H and O–H groups in total. The highest BCUT2D eigenvalue weighted by atomic mass is 127. The van der Waals surface area contributed by atoms with Crippen molar-refractivity contribution in [3.05, 3.63) is 42.5 Å². The van der Waals surface area contributed by atoms with Crippen molar-refractivity contribution in [3.63, 3.8) is 0 Å². The summed E-state index contributed by atoms with van der Waals surface area (Å²) < 4.78 is 2.71. The molecule has 0 amide bonds. The van der Waals surface area contributed by atoms with Crippen LogP contribution in [0.2, 0.25) is 0 Å². The second-order valence-corrected chi connectivity index (χ2v) is 9.84. The Morgan fingerprint density at radius 2 is 1.00 bits per heavy atom. The van der Waals surface area contributed by atoms with Gasteiger partial charge in [0, 0.05) is 12.5 Å². The van der Waals surface area contributed by atoms with Crippen LogP contribution in [0, 0.1) is 7.14 Å². The van der Waals surface area contributed by atoms with Crippen molar-refractivity contribution in [3.8, 4) is 0 Å². The molecule has 0 saturated heterocycles. The molecule has 108 valence electrons. The summed E-state index contributed by atoms with van der Waals surface area (Å²) in [5, 5.41) is 2.77. The summed E-state index contributed by atoms with van der Waals surface area (Å²) in [6.45, 7) is 13.7. The molecule has 0 heterocycles. The minimum Gasteiger partial charge on any atom is -0.0561 e. The van der Waals surface area contributed by atoms with E-state index in [4.69, 9.17) is 0 Å². The van der Waals surface area contributed by atoms with E-state index in [9.17, 15) is 0 Å². The Morgan fingerprint density at radius 3 is 1.30 bits per heavy atom. The molecule has 0 nitrogen and oxygen atoms in total. The van der Waals surface area contributed by atoms with E-state index in [-0.39, 0.29) is 10.8 Å². The molecule has 0 aliphatic rings. The third-order valence-corrected chi connectivity index (χ3v) is 5.39. The van der Waals surface area contributed by atoms with Crippen LogP contribution in [0.25, 0.3) is 10.8 Å². The topological polar surface area (TPSA) is 0 Å². The van der Waals surface area contributed by atoms with E-state index < -0.39 is 0 Å². The highest BCUT2D eigenvalue weighted by molar-refractivity contribution is 14.1. The van der Waals surface area contributed by atoms with Gasteiger partial charge in [-0.3, -0.25) is 0 Å². The third-order valence-electron chi connectivity index (χ3n) is 3.68. The fraction of sp³-hybridized carbons (Fsp3) is 0.444. The Labute approximate surface area is 150 Å².